The molecule has 2 N–H and O–H groups in total. The number of rotatable bonds is 9. The summed E-state index contributed by atoms with van der Waals surface area (Å²) in [6.07, 6.45) is 2.92. The molecule has 5 nitrogen and oxygen atoms in total. The Balaban J connectivity index is 1.27. The minimum absolute atomic E-state index is 0.252. The lowest BCUT2D eigenvalue weighted by molar-refractivity contribution is 0.0368. The summed E-state index contributed by atoms with van der Waals surface area (Å²) in [6, 6.07) is 25.3. The number of fused-ring (bicyclic) bond motifs is 1. The van der Waals surface area contributed by atoms with Gasteiger partial charge in [0, 0.05) is 13.1 Å². The van der Waals surface area contributed by atoms with Gasteiger partial charge in [0.25, 0.3) is 0 Å². The Bertz CT molecular complexity index is 1280. The van der Waals surface area contributed by atoms with Crippen molar-refractivity contribution in [3.8, 4) is 28.4 Å². The van der Waals surface area contributed by atoms with Crippen LogP contribution in [0.25, 0.3) is 21.9 Å². The highest BCUT2D eigenvalue weighted by Crippen LogP contribution is 2.34. The highest BCUT2D eigenvalue weighted by Gasteiger charge is 2.12. The lowest BCUT2D eigenvalue weighted by Gasteiger charge is -2.26. The van der Waals surface area contributed by atoms with E-state index < -0.39 is 0 Å². The maximum atomic E-state index is 9.98. The van der Waals surface area contributed by atoms with Crippen LogP contribution in [0.2, 0.25) is 0 Å². The Labute approximate surface area is 212 Å². The predicted molar refractivity (Wildman–Crippen MR) is 144 cm³/mol. The number of unbranched alkanes of at least 4 members (excludes halogenated alkanes) is 1. The number of nitrogens with zero attached hydrogens (tertiary/aromatic N) is 1. The van der Waals surface area contributed by atoms with Crippen molar-refractivity contribution < 1.29 is 19.7 Å². The number of phenolic OH excluding ortho intramolecular Hbond substituents is 2. The van der Waals surface area contributed by atoms with E-state index in [4.69, 9.17) is 9.47 Å². The molecule has 186 valence electrons. The first-order valence-corrected chi connectivity index (χ1v) is 12.7. The smallest absolute Gasteiger partial charge is 0.119 e. The van der Waals surface area contributed by atoms with Crippen molar-refractivity contribution in [1.29, 1.82) is 0 Å². The van der Waals surface area contributed by atoms with Gasteiger partial charge in [-0.2, -0.15) is 0 Å². The second-order valence-electron chi connectivity index (χ2n) is 9.37. The molecule has 5 heteroatoms. The molecule has 4 aromatic rings. The molecule has 1 aliphatic rings. The molecule has 0 saturated carbocycles. The van der Waals surface area contributed by atoms with E-state index in [1.54, 1.807) is 24.3 Å². The van der Waals surface area contributed by atoms with E-state index in [1.165, 1.54) is 11.1 Å². The average molecular weight is 484 g/mol. The Hall–Kier alpha value is -3.54. The third kappa shape index (κ3) is 5.99. The summed E-state index contributed by atoms with van der Waals surface area (Å²) in [5, 5.41) is 21.8. The van der Waals surface area contributed by atoms with Crippen LogP contribution in [-0.4, -0.2) is 54.6 Å². The van der Waals surface area contributed by atoms with E-state index in [2.05, 4.69) is 35.2 Å². The van der Waals surface area contributed by atoms with Crippen LogP contribution in [0.4, 0.5) is 0 Å². The molecule has 0 radical (unpaired) electrons. The second-order valence-corrected chi connectivity index (χ2v) is 9.37. The number of morpholine rings is 1. The fraction of sp³-hybridized carbons (Fsp3) is 0.290. The molecule has 4 aromatic carbocycles. The normalized spacial score (nSPS) is 14.2. The first-order chi connectivity index (χ1) is 17.7. The average Bonchev–Trinajstić information content (AvgIpc) is 2.90. The Morgan fingerprint density at radius 3 is 2.31 bits per heavy atom. The van der Waals surface area contributed by atoms with Crippen LogP contribution in [-0.2, 0) is 11.2 Å². The summed E-state index contributed by atoms with van der Waals surface area (Å²) in [5.41, 5.74) is 4.55. The van der Waals surface area contributed by atoms with Gasteiger partial charge in [-0.25, -0.2) is 0 Å². The van der Waals surface area contributed by atoms with Crippen molar-refractivity contribution in [3.63, 3.8) is 0 Å². The van der Waals surface area contributed by atoms with Crippen molar-refractivity contribution in [2.24, 2.45) is 0 Å². The third-order valence-electron chi connectivity index (χ3n) is 6.84. The zero-order valence-electron chi connectivity index (χ0n) is 20.5. The molecule has 0 atom stereocenters. The van der Waals surface area contributed by atoms with Crippen LogP contribution in [0.15, 0.2) is 78.9 Å². The van der Waals surface area contributed by atoms with Gasteiger partial charge in [0.2, 0.25) is 0 Å². The van der Waals surface area contributed by atoms with Crippen molar-refractivity contribution >= 4 is 10.8 Å². The van der Waals surface area contributed by atoms with Gasteiger partial charge >= 0.3 is 0 Å². The molecule has 1 fully saturated rings. The van der Waals surface area contributed by atoms with E-state index >= 15 is 0 Å². The SMILES string of the molecule is Oc1ccc(-c2ccc3cc(O)ccc3c2Cc2ccc(OCCCCN3CCOCC3)cc2)cc1. The summed E-state index contributed by atoms with van der Waals surface area (Å²) in [4.78, 5) is 2.46. The molecule has 0 unspecified atom stereocenters. The molecular weight excluding hydrogens is 450 g/mol. The molecule has 1 heterocycles. The van der Waals surface area contributed by atoms with E-state index in [0.717, 1.165) is 86.4 Å². The lowest BCUT2D eigenvalue weighted by Crippen LogP contribution is -2.36. The molecule has 0 spiro atoms. The van der Waals surface area contributed by atoms with E-state index in [0.29, 0.717) is 0 Å². The zero-order valence-corrected chi connectivity index (χ0v) is 20.5. The van der Waals surface area contributed by atoms with Gasteiger partial charge in [-0.05, 0) is 95.2 Å². The number of hydrogen-bond acceptors (Lipinski definition) is 5. The zero-order chi connectivity index (χ0) is 24.7. The predicted octanol–water partition coefficient (Wildman–Crippen LogP) is 6.00. The Morgan fingerprint density at radius 2 is 1.53 bits per heavy atom. The summed E-state index contributed by atoms with van der Waals surface area (Å²) < 4.78 is 11.4. The summed E-state index contributed by atoms with van der Waals surface area (Å²) in [5.74, 6) is 1.41. The van der Waals surface area contributed by atoms with Crippen molar-refractivity contribution in [1.82, 2.24) is 4.90 Å². The van der Waals surface area contributed by atoms with Crippen LogP contribution in [0, 0.1) is 0 Å². The summed E-state index contributed by atoms with van der Waals surface area (Å²) >= 11 is 0. The van der Waals surface area contributed by atoms with E-state index in [1.807, 2.05) is 24.3 Å². The van der Waals surface area contributed by atoms with Gasteiger partial charge in [0.1, 0.15) is 17.2 Å². The molecule has 0 aliphatic carbocycles. The van der Waals surface area contributed by atoms with Gasteiger partial charge in [-0.3, -0.25) is 4.90 Å². The molecule has 0 aromatic heterocycles. The molecule has 5 rings (SSSR count). The van der Waals surface area contributed by atoms with Crippen molar-refractivity contribution in [2.45, 2.75) is 19.3 Å². The maximum Gasteiger partial charge on any atom is 0.119 e. The van der Waals surface area contributed by atoms with Crippen LogP contribution in [0.5, 0.6) is 17.2 Å². The highest BCUT2D eigenvalue weighted by atomic mass is 16.5. The molecule has 1 saturated heterocycles. The molecule has 1 aliphatic heterocycles. The molecule has 0 bridgehead atoms. The molecular formula is C31H33NO4. The van der Waals surface area contributed by atoms with Gasteiger partial charge in [0.05, 0.1) is 19.8 Å². The summed E-state index contributed by atoms with van der Waals surface area (Å²) in [7, 11) is 0. The summed E-state index contributed by atoms with van der Waals surface area (Å²) in [6.45, 7) is 5.60. The fourth-order valence-electron chi connectivity index (χ4n) is 4.84. The lowest BCUT2D eigenvalue weighted by atomic mass is 9.90. The number of benzene rings is 4. The van der Waals surface area contributed by atoms with Crippen molar-refractivity contribution in [3.05, 3.63) is 90.0 Å². The van der Waals surface area contributed by atoms with Gasteiger partial charge in [0.15, 0.2) is 0 Å². The first-order valence-electron chi connectivity index (χ1n) is 12.7. The van der Waals surface area contributed by atoms with Crippen LogP contribution < -0.4 is 4.74 Å². The molecule has 0 amide bonds. The number of phenols is 2. The minimum Gasteiger partial charge on any atom is -0.508 e. The quantitative estimate of drug-likeness (QED) is 0.286. The Kier molecular flexibility index (Phi) is 7.70. The van der Waals surface area contributed by atoms with Gasteiger partial charge in [-0.1, -0.05) is 42.5 Å². The second kappa shape index (κ2) is 11.5. The highest BCUT2D eigenvalue weighted by molar-refractivity contribution is 5.93. The first kappa shape index (κ1) is 24.2. The Morgan fingerprint density at radius 1 is 0.778 bits per heavy atom. The number of ether oxygens (including phenoxy) is 2. The fourth-order valence-corrected chi connectivity index (χ4v) is 4.84. The number of aromatic hydroxyl groups is 2. The van der Waals surface area contributed by atoms with Gasteiger partial charge < -0.3 is 19.7 Å². The monoisotopic (exact) mass is 483 g/mol. The van der Waals surface area contributed by atoms with Gasteiger partial charge in [-0.15, -0.1) is 0 Å². The third-order valence-corrected chi connectivity index (χ3v) is 6.84. The van der Waals surface area contributed by atoms with Crippen LogP contribution in [0.1, 0.15) is 24.0 Å². The van der Waals surface area contributed by atoms with Crippen LogP contribution >= 0.6 is 0 Å². The molecule has 36 heavy (non-hydrogen) atoms. The maximum absolute atomic E-state index is 9.98. The van der Waals surface area contributed by atoms with Crippen LogP contribution in [0.3, 0.4) is 0 Å². The topological polar surface area (TPSA) is 62.2 Å². The largest absolute Gasteiger partial charge is 0.508 e. The van der Waals surface area contributed by atoms with E-state index in [9.17, 15) is 10.2 Å². The van der Waals surface area contributed by atoms with Crippen molar-refractivity contribution in [2.75, 3.05) is 39.5 Å². The van der Waals surface area contributed by atoms with E-state index in [-0.39, 0.29) is 11.5 Å². The number of hydrogen-bond donors (Lipinski definition) is 2. The standard InChI is InChI=1S/C31H33NO4/c33-26-8-5-24(6-9-26)29-13-7-25-22-27(34)10-14-30(25)31(29)21-23-3-11-28(12-4-23)36-18-2-1-15-32-16-19-35-20-17-32/h3-14,22,33-34H,1-2,15-21H2. The minimum atomic E-state index is 0.252.